The van der Waals surface area contributed by atoms with Crippen LogP contribution < -0.4 is 5.73 Å². The first-order chi connectivity index (χ1) is 11.2. The quantitative estimate of drug-likeness (QED) is 0.742. The molecule has 1 aromatic carbocycles. The zero-order chi connectivity index (χ0) is 17.5. The van der Waals surface area contributed by atoms with Crippen LogP contribution in [0.2, 0.25) is 0 Å². The average molecular weight is 328 g/mol. The van der Waals surface area contributed by atoms with Crippen LogP contribution in [0.25, 0.3) is 22.4 Å². The Bertz CT molecular complexity index is 902. The standard InChI is InChI=1S/C17H20N4O3/c1-10-6-12-7-11(4-5-13(12)24-10)16-19-15(8-14(18)22)20-21(16)9-17(2,3)23/h4-7,23H,8-9H2,1-3H3,(H2,18,22). The Kier molecular flexibility index (Phi) is 3.88. The molecule has 0 saturated heterocycles. The van der Waals surface area contributed by atoms with E-state index < -0.39 is 11.5 Å². The number of carbonyl (C=O) groups is 1. The molecule has 0 atom stereocenters. The van der Waals surface area contributed by atoms with Gasteiger partial charge in [-0.15, -0.1) is 0 Å². The summed E-state index contributed by atoms with van der Waals surface area (Å²) in [6.07, 6.45) is -0.0427. The highest BCUT2D eigenvalue weighted by molar-refractivity contribution is 5.83. The molecule has 7 nitrogen and oxygen atoms in total. The van der Waals surface area contributed by atoms with Crippen molar-refractivity contribution in [2.75, 3.05) is 0 Å². The molecule has 0 aliphatic rings. The number of nitrogens with zero attached hydrogens (tertiary/aromatic N) is 3. The molecule has 0 unspecified atom stereocenters. The minimum Gasteiger partial charge on any atom is -0.461 e. The van der Waals surface area contributed by atoms with Crippen molar-refractivity contribution in [3.05, 3.63) is 35.9 Å². The number of carbonyl (C=O) groups excluding carboxylic acids is 1. The molecule has 7 heteroatoms. The highest BCUT2D eigenvalue weighted by Crippen LogP contribution is 2.26. The highest BCUT2D eigenvalue weighted by atomic mass is 16.3. The van der Waals surface area contributed by atoms with Crippen molar-refractivity contribution in [3.8, 4) is 11.4 Å². The van der Waals surface area contributed by atoms with E-state index in [0.29, 0.717) is 11.6 Å². The van der Waals surface area contributed by atoms with Crippen molar-refractivity contribution in [2.45, 2.75) is 39.3 Å². The van der Waals surface area contributed by atoms with Gasteiger partial charge in [-0.25, -0.2) is 9.67 Å². The molecule has 3 aromatic rings. The molecular weight excluding hydrogens is 308 g/mol. The molecule has 24 heavy (non-hydrogen) atoms. The third-order valence-electron chi connectivity index (χ3n) is 3.48. The van der Waals surface area contributed by atoms with Gasteiger partial charge in [0, 0.05) is 10.9 Å². The minimum absolute atomic E-state index is 0.0427. The number of benzene rings is 1. The molecule has 0 fully saturated rings. The largest absolute Gasteiger partial charge is 0.461 e. The van der Waals surface area contributed by atoms with Crippen LogP contribution in [0.1, 0.15) is 25.4 Å². The average Bonchev–Trinajstić information content (AvgIpc) is 2.97. The summed E-state index contributed by atoms with van der Waals surface area (Å²) >= 11 is 0. The number of aliphatic hydroxyl groups is 1. The van der Waals surface area contributed by atoms with Gasteiger partial charge in [-0.05, 0) is 45.0 Å². The van der Waals surface area contributed by atoms with Crippen molar-refractivity contribution < 1.29 is 14.3 Å². The van der Waals surface area contributed by atoms with Gasteiger partial charge in [0.15, 0.2) is 11.6 Å². The maximum absolute atomic E-state index is 11.2. The topological polar surface area (TPSA) is 107 Å². The molecule has 0 aliphatic carbocycles. The van der Waals surface area contributed by atoms with Crippen LogP contribution in [0.5, 0.6) is 0 Å². The Labute approximate surface area is 139 Å². The molecule has 0 saturated carbocycles. The van der Waals surface area contributed by atoms with Gasteiger partial charge in [-0.3, -0.25) is 4.79 Å². The number of rotatable bonds is 5. The number of hydrogen-bond acceptors (Lipinski definition) is 5. The smallest absolute Gasteiger partial charge is 0.225 e. The van der Waals surface area contributed by atoms with Crippen LogP contribution >= 0.6 is 0 Å². The predicted molar refractivity (Wildman–Crippen MR) is 89.2 cm³/mol. The zero-order valence-electron chi connectivity index (χ0n) is 13.9. The monoisotopic (exact) mass is 328 g/mol. The Morgan fingerprint density at radius 3 is 2.79 bits per heavy atom. The van der Waals surface area contributed by atoms with Crippen molar-refractivity contribution >= 4 is 16.9 Å². The van der Waals surface area contributed by atoms with E-state index in [1.54, 1.807) is 18.5 Å². The fourth-order valence-electron chi connectivity index (χ4n) is 2.63. The van der Waals surface area contributed by atoms with Crippen LogP contribution in [0.4, 0.5) is 0 Å². The van der Waals surface area contributed by atoms with E-state index in [4.69, 9.17) is 10.2 Å². The molecule has 0 bridgehead atoms. The lowest BCUT2D eigenvalue weighted by atomic mass is 10.1. The van der Waals surface area contributed by atoms with Gasteiger partial charge >= 0.3 is 0 Å². The number of furan rings is 1. The number of nitrogens with two attached hydrogens (primary N) is 1. The van der Waals surface area contributed by atoms with Crippen LogP contribution in [0, 0.1) is 6.92 Å². The number of amides is 1. The minimum atomic E-state index is -0.969. The molecular formula is C17H20N4O3. The Morgan fingerprint density at radius 2 is 2.12 bits per heavy atom. The van der Waals surface area contributed by atoms with E-state index in [2.05, 4.69) is 10.1 Å². The van der Waals surface area contributed by atoms with Gasteiger partial charge < -0.3 is 15.3 Å². The number of fused-ring (bicyclic) bond motifs is 1. The fourth-order valence-corrected chi connectivity index (χ4v) is 2.63. The summed E-state index contributed by atoms with van der Waals surface area (Å²) in [5.74, 6) is 1.25. The van der Waals surface area contributed by atoms with Gasteiger partial charge in [0.2, 0.25) is 5.91 Å². The molecule has 3 rings (SSSR count). The number of primary amides is 1. The second-order valence-corrected chi connectivity index (χ2v) is 6.57. The van der Waals surface area contributed by atoms with E-state index in [1.807, 2.05) is 31.2 Å². The molecule has 0 spiro atoms. The zero-order valence-corrected chi connectivity index (χ0v) is 13.9. The summed E-state index contributed by atoms with van der Waals surface area (Å²) in [5, 5.41) is 15.4. The second-order valence-electron chi connectivity index (χ2n) is 6.57. The fraction of sp³-hybridized carbons (Fsp3) is 0.353. The van der Waals surface area contributed by atoms with Gasteiger partial charge in [0.1, 0.15) is 11.3 Å². The Morgan fingerprint density at radius 1 is 1.38 bits per heavy atom. The van der Waals surface area contributed by atoms with E-state index in [9.17, 15) is 9.90 Å². The van der Waals surface area contributed by atoms with E-state index in [-0.39, 0.29) is 13.0 Å². The van der Waals surface area contributed by atoms with Crippen molar-refractivity contribution in [2.24, 2.45) is 5.73 Å². The molecule has 0 radical (unpaired) electrons. The number of aryl methyl sites for hydroxylation is 1. The summed E-state index contributed by atoms with van der Waals surface area (Å²) in [4.78, 5) is 15.6. The molecule has 126 valence electrons. The first-order valence-electron chi connectivity index (χ1n) is 7.66. The summed E-state index contributed by atoms with van der Waals surface area (Å²) in [7, 11) is 0. The first kappa shape index (κ1) is 16.2. The normalized spacial score (nSPS) is 12.0. The van der Waals surface area contributed by atoms with Crippen LogP contribution in [0.3, 0.4) is 0 Å². The Hall–Kier alpha value is -2.67. The Balaban J connectivity index is 2.08. The number of aromatic nitrogens is 3. The predicted octanol–water partition coefficient (Wildman–Crippen LogP) is 1.80. The molecule has 3 N–H and O–H groups in total. The third kappa shape index (κ3) is 3.46. The summed E-state index contributed by atoms with van der Waals surface area (Å²) < 4.78 is 7.19. The van der Waals surface area contributed by atoms with E-state index in [0.717, 1.165) is 22.3 Å². The maximum atomic E-state index is 11.2. The van der Waals surface area contributed by atoms with Gasteiger partial charge in [-0.1, -0.05) is 0 Å². The summed E-state index contributed by atoms with van der Waals surface area (Å²) in [6, 6.07) is 7.64. The second kappa shape index (κ2) is 5.76. The van der Waals surface area contributed by atoms with E-state index >= 15 is 0 Å². The molecule has 1 amide bonds. The molecule has 2 aromatic heterocycles. The lowest BCUT2D eigenvalue weighted by Gasteiger charge is -2.18. The van der Waals surface area contributed by atoms with Crippen molar-refractivity contribution in [1.29, 1.82) is 0 Å². The highest BCUT2D eigenvalue weighted by Gasteiger charge is 2.20. The summed E-state index contributed by atoms with van der Waals surface area (Å²) in [6.45, 7) is 5.52. The first-order valence-corrected chi connectivity index (χ1v) is 7.66. The van der Waals surface area contributed by atoms with Crippen LogP contribution in [-0.2, 0) is 17.8 Å². The SMILES string of the molecule is Cc1cc2cc(-c3nc(CC(N)=O)nn3CC(C)(C)O)ccc2o1. The summed E-state index contributed by atoms with van der Waals surface area (Å²) in [5.41, 5.74) is 5.89. The van der Waals surface area contributed by atoms with Gasteiger partial charge in [0.05, 0.1) is 18.6 Å². The third-order valence-corrected chi connectivity index (χ3v) is 3.48. The maximum Gasteiger partial charge on any atom is 0.225 e. The van der Waals surface area contributed by atoms with Gasteiger partial charge in [-0.2, -0.15) is 5.10 Å². The van der Waals surface area contributed by atoms with Crippen LogP contribution in [0.15, 0.2) is 28.7 Å². The lowest BCUT2D eigenvalue weighted by Crippen LogP contribution is -2.27. The van der Waals surface area contributed by atoms with Gasteiger partial charge in [0.25, 0.3) is 0 Å². The van der Waals surface area contributed by atoms with Crippen molar-refractivity contribution in [1.82, 2.24) is 14.8 Å². The van der Waals surface area contributed by atoms with Crippen molar-refractivity contribution in [3.63, 3.8) is 0 Å². The lowest BCUT2D eigenvalue weighted by molar-refractivity contribution is -0.117. The van der Waals surface area contributed by atoms with Crippen LogP contribution in [-0.4, -0.2) is 31.4 Å². The van der Waals surface area contributed by atoms with E-state index in [1.165, 1.54) is 0 Å². The number of hydrogen-bond donors (Lipinski definition) is 2. The molecule has 2 heterocycles. The molecule has 0 aliphatic heterocycles.